The first-order chi connectivity index (χ1) is 10.5. The van der Waals surface area contributed by atoms with Crippen LogP contribution in [0.5, 0.6) is 0 Å². The molecule has 1 heterocycles. The Morgan fingerprint density at radius 1 is 1.39 bits per heavy atom. The number of hydrogen-bond donors (Lipinski definition) is 2. The summed E-state index contributed by atoms with van der Waals surface area (Å²) in [6.45, 7) is 6.73. The largest absolute Gasteiger partial charge is 0.370 e. The van der Waals surface area contributed by atoms with Gasteiger partial charge >= 0.3 is 0 Å². The second-order valence-corrected chi connectivity index (χ2v) is 5.29. The van der Waals surface area contributed by atoms with Crippen molar-refractivity contribution in [2.45, 2.75) is 13.3 Å². The van der Waals surface area contributed by atoms with Gasteiger partial charge in [-0.1, -0.05) is 28.9 Å². The Hall–Kier alpha value is -1.61. The van der Waals surface area contributed by atoms with Crippen molar-refractivity contribution in [3.8, 4) is 11.4 Å². The Labute approximate surface area is 157 Å². The number of benzene rings is 1. The molecule has 8 heteroatoms. The van der Waals surface area contributed by atoms with E-state index in [1.54, 1.807) is 12.1 Å². The van der Waals surface area contributed by atoms with Gasteiger partial charge < -0.3 is 15.6 Å². The lowest BCUT2D eigenvalue weighted by Crippen LogP contribution is -2.33. The molecule has 3 N–H and O–H groups in total. The smallest absolute Gasteiger partial charge is 0.228 e. The van der Waals surface area contributed by atoms with Gasteiger partial charge in [0.05, 0.1) is 6.54 Å². The molecule has 0 aliphatic rings. The van der Waals surface area contributed by atoms with Gasteiger partial charge in [0, 0.05) is 23.6 Å². The molecule has 23 heavy (non-hydrogen) atoms. The molecule has 6 nitrogen and oxygen atoms in total. The maximum absolute atomic E-state index is 5.85. The first kappa shape index (κ1) is 19.4. The summed E-state index contributed by atoms with van der Waals surface area (Å²) in [4.78, 5) is 8.45. The third kappa shape index (κ3) is 6.57. The third-order valence-electron chi connectivity index (χ3n) is 2.73. The van der Waals surface area contributed by atoms with Gasteiger partial charge in [0.25, 0.3) is 0 Å². The molecule has 0 fully saturated rings. The molecule has 0 aliphatic carbocycles. The van der Waals surface area contributed by atoms with Crippen LogP contribution in [0.25, 0.3) is 11.4 Å². The first-order valence-corrected chi connectivity index (χ1v) is 7.19. The minimum Gasteiger partial charge on any atom is -0.370 e. The highest BCUT2D eigenvalue weighted by molar-refractivity contribution is 14.0. The Kier molecular flexibility index (Phi) is 8.04. The van der Waals surface area contributed by atoms with Crippen LogP contribution in [0.4, 0.5) is 0 Å². The van der Waals surface area contributed by atoms with Crippen LogP contribution in [-0.2, 0) is 6.42 Å². The zero-order valence-corrected chi connectivity index (χ0v) is 15.8. The van der Waals surface area contributed by atoms with E-state index < -0.39 is 0 Å². The van der Waals surface area contributed by atoms with E-state index in [-0.39, 0.29) is 24.0 Å². The van der Waals surface area contributed by atoms with E-state index in [0.29, 0.717) is 42.2 Å². The molecule has 2 rings (SSSR count). The molecule has 0 saturated heterocycles. The number of aromatic nitrogens is 2. The van der Waals surface area contributed by atoms with Crippen molar-refractivity contribution < 1.29 is 4.52 Å². The third-order valence-corrected chi connectivity index (χ3v) is 2.99. The van der Waals surface area contributed by atoms with Crippen LogP contribution in [0.15, 0.2) is 45.9 Å². The van der Waals surface area contributed by atoms with Crippen molar-refractivity contribution in [3.05, 3.63) is 47.3 Å². The zero-order valence-electron chi connectivity index (χ0n) is 12.8. The average molecular weight is 448 g/mol. The zero-order chi connectivity index (χ0) is 15.9. The molecule has 0 bridgehead atoms. The summed E-state index contributed by atoms with van der Waals surface area (Å²) in [5.74, 6) is 1.45. The first-order valence-electron chi connectivity index (χ1n) is 6.81. The van der Waals surface area contributed by atoms with E-state index in [4.69, 9.17) is 21.9 Å². The van der Waals surface area contributed by atoms with Gasteiger partial charge in [-0.2, -0.15) is 4.98 Å². The number of aliphatic imine (C=N–C) groups is 1. The summed E-state index contributed by atoms with van der Waals surface area (Å²) in [5.41, 5.74) is 7.52. The molecule has 0 radical (unpaired) electrons. The van der Waals surface area contributed by atoms with Gasteiger partial charge in [-0.05, 0) is 31.2 Å². The number of nitrogens with zero attached hydrogens (tertiary/aromatic N) is 3. The minimum absolute atomic E-state index is 0. The minimum atomic E-state index is 0. The molecular weight excluding hydrogens is 429 g/mol. The fourth-order valence-corrected chi connectivity index (χ4v) is 1.77. The van der Waals surface area contributed by atoms with Gasteiger partial charge in [0.1, 0.15) is 0 Å². The van der Waals surface area contributed by atoms with Crippen molar-refractivity contribution in [2.75, 3.05) is 13.1 Å². The van der Waals surface area contributed by atoms with Crippen molar-refractivity contribution in [3.63, 3.8) is 0 Å². The lowest BCUT2D eigenvalue weighted by Gasteiger charge is -2.03. The quantitative estimate of drug-likeness (QED) is 0.307. The number of nitrogens with two attached hydrogens (primary N) is 1. The number of guanidine groups is 1. The van der Waals surface area contributed by atoms with Gasteiger partial charge in [-0.15, -0.1) is 24.0 Å². The number of rotatable bonds is 6. The maximum Gasteiger partial charge on any atom is 0.228 e. The predicted molar refractivity (Wildman–Crippen MR) is 103 cm³/mol. The van der Waals surface area contributed by atoms with Crippen LogP contribution < -0.4 is 11.1 Å². The highest BCUT2D eigenvalue weighted by Gasteiger charge is 2.08. The van der Waals surface area contributed by atoms with Gasteiger partial charge in [0.2, 0.25) is 11.7 Å². The molecule has 0 saturated carbocycles. The number of hydrogen-bond acceptors (Lipinski definition) is 4. The summed E-state index contributed by atoms with van der Waals surface area (Å²) in [5, 5.41) is 7.60. The van der Waals surface area contributed by atoms with Crippen LogP contribution >= 0.6 is 35.6 Å². The highest BCUT2D eigenvalue weighted by atomic mass is 127. The fourth-order valence-electron chi connectivity index (χ4n) is 1.65. The Morgan fingerprint density at radius 2 is 2.09 bits per heavy atom. The van der Waals surface area contributed by atoms with Gasteiger partial charge in [-0.3, -0.25) is 0 Å². The van der Waals surface area contributed by atoms with Crippen LogP contribution in [0.3, 0.4) is 0 Å². The topological polar surface area (TPSA) is 89.3 Å². The normalized spacial score (nSPS) is 11.0. The molecule has 2 aromatic rings. The molecule has 0 aliphatic heterocycles. The van der Waals surface area contributed by atoms with Gasteiger partial charge in [-0.25, -0.2) is 4.99 Å². The summed E-state index contributed by atoms with van der Waals surface area (Å²) in [6.07, 6.45) is 0.559. The fraction of sp³-hybridized carbons (Fsp3) is 0.267. The van der Waals surface area contributed by atoms with Crippen molar-refractivity contribution in [1.29, 1.82) is 0 Å². The van der Waals surface area contributed by atoms with Crippen molar-refractivity contribution in [2.24, 2.45) is 10.7 Å². The molecular formula is C15H19ClIN5O. The second kappa shape index (κ2) is 9.51. The number of halogens is 2. The van der Waals surface area contributed by atoms with Crippen molar-refractivity contribution in [1.82, 2.24) is 15.5 Å². The van der Waals surface area contributed by atoms with E-state index >= 15 is 0 Å². The Balaban J connectivity index is 0.00000264. The molecule has 1 aromatic carbocycles. The highest BCUT2D eigenvalue weighted by Crippen LogP contribution is 2.18. The monoisotopic (exact) mass is 447 g/mol. The molecule has 0 spiro atoms. The molecule has 0 amide bonds. The van der Waals surface area contributed by atoms with Crippen LogP contribution in [0.2, 0.25) is 5.02 Å². The standard InChI is InChI=1S/C15H18ClN5O.HI/c1-10(2)9-19-15(17)18-8-7-13-20-14(21-22-13)11-3-5-12(16)6-4-11;/h3-6H,1,7-9H2,2H3,(H3,17,18,19);1H. The van der Waals surface area contributed by atoms with E-state index in [1.165, 1.54) is 0 Å². The molecule has 0 unspecified atom stereocenters. The lowest BCUT2D eigenvalue weighted by atomic mass is 10.2. The summed E-state index contributed by atoms with van der Waals surface area (Å²) >= 11 is 5.85. The van der Waals surface area contributed by atoms with Gasteiger partial charge in [0.15, 0.2) is 5.96 Å². The van der Waals surface area contributed by atoms with E-state index in [2.05, 4.69) is 27.0 Å². The van der Waals surface area contributed by atoms with E-state index in [0.717, 1.165) is 11.1 Å². The van der Waals surface area contributed by atoms with Crippen LogP contribution in [0, 0.1) is 0 Å². The maximum atomic E-state index is 5.85. The van der Waals surface area contributed by atoms with E-state index in [9.17, 15) is 0 Å². The summed E-state index contributed by atoms with van der Waals surface area (Å²) in [6, 6.07) is 7.26. The summed E-state index contributed by atoms with van der Waals surface area (Å²) in [7, 11) is 0. The predicted octanol–water partition coefficient (Wildman–Crippen LogP) is 3.03. The molecule has 1 aromatic heterocycles. The van der Waals surface area contributed by atoms with Crippen molar-refractivity contribution >= 4 is 41.5 Å². The average Bonchev–Trinajstić information content (AvgIpc) is 2.95. The SMILES string of the molecule is C=C(C)CN=C(N)NCCc1nc(-c2ccc(Cl)cc2)no1.I. The number of nitrogens with one attached hydrogen (secondary N) is 1. The molecule has 124 valence electrons. The Morgan fingerprint density at radius 3 is 2.74 bits per heavy atom. The second-order valence-electron chi connectivity index (χ2n) is 4.85. The van der Waals surface area contributed by atoms with E-state index in [1.807, 2.05) is 19.1 Å². The molecule has 0 atom stereocenters. The lowest BCUT2D eigenvalue weighted by molar-refractivity contribution is 0.379. The summed E-state index contributed by atoms with van der Waals surface area (Å²) < 4.78 is 5.20. The van der Waals surface area contributed by atoms with Crippen LogP contribution in [-0.4, -0.2) is 29.2 Å². The Bertz CT molecular complexity index is 669. The van der Waals surface area contributed by atoms with Crippen LogP contribution in [0.1, 0.15) is 12.8 Å².